The Morgan fingerprint density at radius 1 is 0.392 bits per heavy atom. The van der Waals surface area contributed by atoms with Crippen LogP contribution < -0.4 is 47.2 Å². The van der Waals surface area contributed by atoms with Crippen LogP contribution in [0.3, 0.4) is 0 Å². The number of hydrogen-bond donors (Lipinski definition) is 8. The van der Waals surface area contributed by atoms with Gasteiger partial charge in [-0.15, -0.1) is 0 Å². The minimum absolute atomic E-state index is 0.0357. The largest absolute Gasteiger partial charge is 0.465 e. The van der Waals surface area contributed by atoms with E-state index in [1.54, 1.807) is 0 Å². The molecule has 0 aliphatic heterocycles. The van der Waals surface area contributed by atoms with Gasteiger partial charge >= 0.3 is 24.0 Å². The number of benzene rings is 10. The summed E-state index contributed by atoms with van der Waals surface area (Å²) < 4.78 is 241. The lowest BCUT2D eigenvalue weighted by Gasteiger charge is -2.26. The van der Waals surface area contributed by atoms with Crippen LogP contribution in [0.5, 0.6) is 23.5 Å². The predicted octanol–water partition coefficient (Wildman–Crippen LogP) is 10.3. The first-order valence-electron chi connectivity index (χ1n) is 43.0. The van der Waals surface area contributed by atoms with Gasteiger partial charge in [-0.1, -0.05) is 78.9 Å². The van der Waals surface area contributed by atoms with Crippen LogP contribution in [0.15, 0.2) is 206 Å². The molecule has 8 N–H and O–H groups in total. The highest BCUT2D eigenvalue weighted by Gasteiger charge is 2.39. The average Bonchev–Trinajstić information content (AvgIpc) is 0.706. The third-order valence-corrected chi connectivity index (χ3v) is 29.1. The highest BCUT2D eigenvalue weighted by atomic mass is 32.2. The highest BCUT2D eigenvalue weighted by Crippen LogP contribution is 2.49. The number of nitrogens with zero attached hydrogens (tertiary/aromatic N) is 8. The van der Waals surface area contributed by atoms with E-state index in [-0.39, 0.29) is 166 Å². The molecule has 0 radical (unpaired) electrons. The highest BCUT2D eigenvalue weighted by molar-refractivity contribution is 7.87. The maximum atomic E-state index is 15.4. The number of carbonyl (C=O) groups is 8. The molecule has 2 aliphatic carbocycles. The van der Waals surface area contributed by atoms with Gasteiger partial charge in [-0.25, -0.2) is 9.59 Å². The van der Waals surface area contributed by atoms with Crippen LogP contribution in [0, 0.1) is 0 Å². The topological polar surface area (TPSA) is 667 Å². The number of anilines is 9. The molecule has 0 unspecified atom stereocenters. The Hall–Kier alpha value is -16.7. The summed E-state index contributed by atoms with van der Waals surface area (Å²) in [4.78, 5) is 165. The van der Waals surface area contributed by atoms with Crippen molar-refractivity contribution >= 4 is 182 Å². The average molecular weight is 2140 g/mol. The molecule has 47 nitrogen and oxygen atoms in total. The van der Waals surface area contributed by atoms with Gasteiger partial charge in [0.2, 0.25) is 17.8 Å². The molecule has 0 spiro atoms. The van der Waals surface area contributed by atoms with Gasteiger partial charge in [-0.3, -0.25) is 64.6 Å². The van der Waals surface area contributed by atoms with Crippen molar-refractivity contribution in [1.29, 1.82) is 0 Å². The summed E-state index contributed by atoms with van der Waals surface area (Å²) in [5.41, 5.74) is -7.58. The van der Waals surface area contributed by atoms with Crippen LogP contribution in [0.25, 0.3) is 44.1 Å². The van der Waals surface area contributed by atoms with Gasteiger partial charge in [0, 0.05) is 82.6 Å². The lowest BCUT2D eigenvalue weighted by atomic mass is 9.80. The summed E-state index contributed by atoms with van der Waals surface area (Å²) in [5, 5.41) is 14.5. The van der Waals surface area contributed by atoms with E-state index in [0.29, 0.717) is 0 Å². The molecule has 0 saturated carbocycles. The van der Waals surface area contributed by atoms with Crippen LogP contribution in [-0.4, -0.2) is 193 Å². The molecule has 4 heterocycles. The SMILES string of the molecule is COC(=O)c1cc(COC=O)cc(Oc2nc(CCCNc3nc(Nc4cc(Nc5ccc6c7c5C(=O)c5ccccc5-c7c(C(=O)c5cccc(CS(=O)(=O)O)c5)c(=O)n6C)c(CS(=O)(=O)O)cc4S(=O)(=O)OC)nc(Oc4cc(COC=O)cc(C(=O)OC)c4)n3)nc(Nc3cc(Nc4ccc5c6c4C(=O)c4ccccc4-c6c(C(=O)c4cccc(S(=O)(=O)OC)c4)c(=O)n5C)c(S(=O)(=O)OC)cc3CS(=O)(=O)O)n2)c1. The molecule has 762 valence electrons. The second-order valence-corrected chi connectivity index (χ2v) is 42.0. The molecule has 53 heteroatoms. The number of fused-ring (bicyclic) bond motifs is 4. The number of carbonyl (C=O) groups excluding carboxylic acids is 8. The van der Waals surface area contributed by atoms with E-state index in [1.165, 1.54) is 148 Å². The van der Waals surface area contributed by atoms with E-state index < -0.39 is 227 Å². The number of aryl methyl sites for hydroxylation is 3. The number of ether oxygens (including phenoxy) is 6. The Kier molecular flexibility index (Phi) is 29.1. The van der Waals surface area contributed by atoms with Gasteiger partial charge in [0.15, 0.2) is 23.1 Å². The minimum atomic E-state index is -5.22. The number of hydrogen-bond acceptors (Lipinski definition) is 42. The Morgan fingerprint density at radius 3 is 1.28 bits per heavy atom. The van der Waals surface area contributed by atoms with E-state index >= 15 is 19.2 Å². The molecular formula is C95H77N13O34S6. The molecule has 14 aromatic rings. The summed E-state index contributed by atoms with van der Waals surface area (Å²) in [6.07, 6.45) is -0.474. The van der Waals surface area contributed by atoms with Crippen molar-refractivity contribution in [2.45, 2.75) is 58.0 Å². The van der Waals surface area contributed by atoms with Gasteiger partial charge in [-0.2, -0.15) is 80.4 Å². The summed E-state index contributed by atoms with van der Waals surface area (Å²) >= 11 is 0. The maximum absolute atomic E-state index is 15.4. The smallest absolute Gasteiger partial charge is 0.337 e. The van der Waals surface area contributed by atoms with Gasteiger partial charge in [0.25, 0.3) is 84.8 Å². The third kappa shape index (κ3) is 21.8. The number of esters is 2. The Morgan fingerprint density at radius 2 is 0.811 bits per heavy atom. The molecule has 10 aromatic carbocycles. The number of rotatable bonds is 41. The number of aromatic nitrogens is 8. The van der Waals surface area contributed by atoms with Crippen LogP contribution in [0.2, 0.25) is 0 Å². The standard InChI is InChI=1S/C95H77N13O34S6/c1-107-70-26-24-64(77-79(70)75(60-19-8-10-21-62(60)85(77)113)81(87(107)115)83(111)51-16-12-15-48(29-51)43-143(119,120)121)97-66-39-69(73(148(132,133)138-7)37-55(66)44-144(122,123)124)100-93-103-91(104-95(106-93)142-58-33-50(42-140-47-110)31-54(35-58)90(118)135-4)96-28-14-23-74-101-92(105-94(102-74)141-57-32-49(41-139-46-109)30-53(34-57)89(117)134-3)99-67-40-68(72(147(130,131)137-6)38-56(67)45-145(125,126)127)98-65-25-27-71-80-76(61-20-9-11-22-63(61)86(114)78(65)80)82(88(116)108(71)2)84(112)52-17-13-18-59(36-52)146(128,129)136-5/h8-13,15-22,24-27,29-40,46-47,97-98H,14,23,28,41-45H2,1-7H3,(H,119,120,121)(H,122,123,124)(H,125,126,127)(H,99,101,102,105)(H2,96,100,103,104,106). The van der Waals surface area contributed by atoms with E-state index in [0.717, 1.165) is 93.2 Å². The fraction of sp³-hybridized carbons (Fsp3) is 0.158. The third-order valence-electron chi connectivity index (χ3n) is 23.1. The molecular weight excluding hydrogens is 2060 g/mol. The second kappa shape index (κ2) is 41.4. The van der Waals surface area contributed by atoms with Crippen molar-refractivity contribution in [2.75, 3.05) is 68.7 Å². The quantitative estimate of drug-likeness (QED) is 0.00336. The number of pyridine rings is 2. The number of methoxy groups -OCH3 is 2. The number of ketones is 4. The zero-order valence-electron chi connectivity index (χ0n) is 77.7. The first-order valence-corrected chi connectivity index (χ1v) is 52.1. The monoisotopic (exact) mass is 2140 g/mol. The first-order chi connectivity index (χ1) is 70.2. The van der Waals surface area contributed by atoms with Crippen molar-refractivity contribution < 1.29 is 143 Å². The van der Waals surface area contributed by atoms with E-state index in [2.05, 4.69) is 56.5 Å². The maximum Gasteiger partial charge on any atom is 0.337 e. The fourth-order valence-electron chi connectivity index (χ4n) is 16.7. The Labute approximate surface area is 838 Å². The molecule has 0 amide bonds. The van der Waals surface area contributed by atoms with Crippen LogP contribution in [0.1, 0.15) is 124 Å². The van der Waals surface area contributed by atoms with Crippen molar-refractivity contribution in [2.24, 2.45) is 14.1 Å². The first kappa shape index (κ1) is 104. The summed E-state index contributed by atoms with van der Waals surface area (Å²) in [6, 6.07) is 36.5. The molecule has 2 aliphatic rings. The summed E-state index contributed by atoms with van der Waals surface area (Å²) in [5.74, 6) is -11.4. The lowest BCUT2D eigenvalue weighted by Crippen LogP contribution is -2.29. The molecule has 0 saturated heterocycles. The van der Waals surface area contributed by atoms with Gasteiger partial charge in [0.1, 0.15) is 57.6 Å². The lowest BCUT2D eigenvalue weighted by molar-refractivity contribution is -0.130. The fourth-order valence-corrected chi connectivity index (χ4v) is 21.0. The van der Waals surface area contributed by atoms with Crippen LogP contribution in [-0.2, 0) is 153 Å². The van der Waals surface area contributed by atoms with Crippen LogP contribution >= 0.6 is 0 Å². The summed E-state index contributed by atoms with van der Waals surface area (Å²) in [7, 11) is -22.5. The van der Waals surface area contributed by atoms with E-state index in [9.17, 15) is 92.9 Å². The van der Waals surface area contributed by atoms with E-state index in [4.69, 9.17) is 41.0 Å². The van der Waals surface area contributed by atoms with Gasteiger partial charge in [-0.05, 0) is 148 Å². The molecule has 148 heavy (non-hydrogen) atoms. The molecule has 0 bridgehead atoms. The van der Waals surface area contributed by atoms with Crippen molar-refractivity contribution in [3.05, 3.63) is 292 Å². The Bertz CT molecular complexity index is 8940. The van der Waals surface area contributed by atoms with Gasteiger partial charge < -0.3 is 64.1 Å². The van der Waals surface area contributed by atoms with E-state index in [1.807, 2.05) is 0 Å². The summed E-state index contributed by atoms with van der Waals surface area (Å²) in [6.45, 7) is -0.967. The van der Waals surface area contributed by atoms with Crippen molar-refractivity contribution in [3.8, 4) is 45.8 Å². The van der Waals surface area contributed by atoms with Crippen molar-refractivity contribution in [1.82, 2.24) is 39.0 Å². The minimum Gasteiger partial charge on any atom is -0.465 e. The zero-order chi connectivity index (χ0) is 106. The molecule has 16 rings (SSSR count). The predicted molar refractivity (Wildman–Crippen MR) is 524 cm³/mol. The molecule has 4 aromatic heterocycles. The molecule has 0 atom stereocenters. The number of nitrogens with one attached hydrogen (secondary N) is 5. The Balaban J connectivity index is 0.801. The van der Waals surface area contributed by atoms with Crippen LogP contribution in [0.4, 0.5) is 52.0 Å². The second-order valence-electron chi connectivity index (χ2n) is 32.6. The van der Waals surface area contributed by atoms with Gasteiger partial charge in [0.05, 0.1) is 108 Å². The zero-order valence-corrected chi connectivity index (χ0v) is 82.6. The van der Waals surface area contributed by atoms with Crippen molar-refractivity contribution in [3.63, 3.8) is 0 Å². The normalized spacial score (nSPS) is 12.3. The molecule has 0 fully saturated rings.